The summed E-state index contributed by atoms with van der Waals surface area (Å²) >= 11 is 0. The van der Waals surface area contributed by atoms with Gasteiger partial charge in [-0.3, -0.25) is 14.5 Å². The first-order valence-corrected chi connectivity index (χ1v) is 12.4. The van der Waals surface area contributed by atoms with Crippen molar-refractivity contribution in [2.45, 2.75) is 46.5 Å². The Morgan fingerprint density at radius 2 is 1.65 bits per heavy atom. The molecule has 4 rings (SSSR count). The van der Waals surface area contributed by atoms with Crippen molar-refractivity contribution in [3.63, 3.8) is 0 Å². The van der Waals surface area contributed by atoms with Crippen LogP contribution in [0.2, 0.25) is 0 Å². The predicted molar refractivity (Wildman–Crippen MR) is 137 cm³/mol. The van der Waals surface area contributed by atoms with Gasteiger partial charge >= 0.3 is 0 Å². The van der Waals surface area contributed by atoms with E-state index in [1.165, 1.54) is 29.8 Å². The summed E-state index contributed by atoms with van der Waals surface area (Å²) in [5.41, 5.74) is 5.78. The minimum atomic E-state index is -0.283. The normalized spacial score (nSPS) is 16.6. The molecule has 2 aliphatic rings. The lowest BCUT2D eigenvalue weighted by atomic mass is 9.99. The van der Waals surface area contributed by atoms with Crippen LogP contribution in [0.1, 0.15) is 49.3 Å². The van der Waals surface area contributed by atoms with Crippen LogP contribution in [0.15, 0.2) is 48.2 Å². The Morgan fingerprint density at radius 1 is 0.912 bits per heavy atom. The average molecular weight is 462 g/mol. The number of anilines is 2. The fraction of sp³-hybridized carbons (Fsp3) is 0.429. The maximum absolute atomic E-state index is 13.4. The molecule has 1 fully saturated rings. The Morgan fingerprint density at radius 3 is 2.32 bits per heavy atom. The zero-order chi connectivity index (χ0) is 24.1. The zero-order valence-corrected chi connectivity index (χ0v) is 20.5. The lowest BCUT2D eigenvalue weighted by molar-refractivity contribution is -0.137. The number of rotatable bonds is 9. The number of nitrogens with one attached hydrogen (secondary N) is 1. The van der Waals surface area contributed by atoms with Gasteiger partial charge in [-0.05, 0) is 87.4 Å². The molecule has 0 unspecified atom stereocenters. The maximum atomic E-state index is 13.4. The Bertz CT molecular complexity index is 1070. The smallest absolute Gasteiger partial charge is 0.278 e. The van der Waals surface area contributed by atoms with E-state index in [9.17, 15) is 9.59 Å². The quantitative estimate of drug-likeness (QED) is 0.425. The molecule has 0 aromatic heterocycles. The van der Waals surface area contributed by atoms with Crippen LogP contribution < -0.4 is 10.2 Å². The Labute approximate surface area is 202 Å². The van der Waals surface area contributed by atoms with Gasteiger partial charge < -0.3 is 15.0 Å². The molecule has 1 saturated heterocycles. The summed E-state index contributed by atoms with van der Waals surface area (Å²) in [6, 6.07) is 14.1. The molecule has 0 bridgehead atoms. The van der Waals surface area contributed by atoms with Crippen LogP contribution in [0, 0.1) is 13.8 Å². The van der Waals surface area contributed by atoms with Crippen LogP contribution in [0.4, 0.5) is 11.4 Å². The minimum Gasteiger partial charge on any atom is -0.382 e. The van der Waals surface area contributed by atoms with E-state index in [1.807, 2.05) is 51.1 Å². The molecule has 2 amide bonds. The summed E-state index contributed by atoms with van der Waals surface area (Å²) in [6.07, 6.45) is 4.36. The highest BCUT2D eigenvalue weighted by molar-refractivity contribution is 6.36. The highest BCUT2D eigenvalue weighted by atomic mass is 16.5. The number of benzene rings is 2. The summed E-state index contributed by atoms with van der Waals surface area (Å²) in [5.74, 6) is -0.535. The molecular weight excluding hydrogens is 426 g/mol. The van der Waals surface area contributed by atoms with Crippen molar-refractivity contribution in [3.8, 4) is 0 Å². The van der Waals surface area contributed by atoms with Crippen LogP contribution in [0.5, 0.6) is 0 Å². The Balaban J connectivity index is 1.61. The minimum absolute atomic E-state index is 0.253. The molecule has 0 aliphatic carbocycles. The van der Waals surface area contributed by atoms with E-state index in [-0.39, 0.29) is 11.8 Å². The largest absolute Gasteiger partial charge is 0.382 e. The molecule has 6 nitrogen and oxygen atoms in total. The van der Waals surface area contributed by atoms with E-state index in [0.717, 1.165) is 35.5 Å². The fourth-order valence-electron chi connectivity index (χ4n) is 4.58. The highest BCUT2D eigenvalue weighted by Gasteiger charge is 2.39. The van der Waals surface area contributed by atoms with Gasteiger partial charge in [-0.2, -0.15) is 0 Å². The second-order valence-corrected chi connectivity index (χ2v) is 9.08. The first-order chi connectivity index (χ1) is 16.5. The summed E-state index contributed by atoms with van der Waals surface area (Å²) in [6.45, 7) is 9.64. The molecule has 6 heteroatoms. The van der Waals surface area contributed by atoms with E-state index in [0.29, 0.717) is 37.4 Å². The molecule has 180 valence electrons. The van der Waals surface area contributed by atoms with Crippen LogP contribution in [-0.4, -0.2) is 49.6 Å². The molecule has 0 atom stereocenters. The molecule has 0 spiro atoms. The first kappa shape index (κ1) is 24.0. The van der Waals surface area contributed by atoms with Crippen molar-refractivity contribution < 1.29 is 14.3 Å². The van der Waals surface area contributed by atoms with Crippen molar-refractivity contribution in [3.05, 3.63) is 64.9 Å². The average Bonchev–Trinajstić information content (AvgIpc) is 3.08. The van der Waals surface area contributed by atoms with Gasteiger partial charge in [0.2, 0.25) is 0 Å². The second kappa shape index (κ2) is 10.9. The molecule has 2 aliphatic heterocycles. The highest BCUT2D eigenvalue weighted by Crippen LogP contribution is 2.32. The Kier molecular flexibility index (Phi) is 7.68. The van der Waals surface area contributed by atoms with Crippen LogP contribution in [0.25, 0.3) is 5.57 Å². The van der Waals surface area contributed by atoms with Gasteiger partial charge in [0.25, 0.3) is 11.8 Å². The van der Waals surface area contributed by atoms with Gasteiger partial charge in [-0.25, -0.2) is 0 Å². The molecular formula is C28H35N3O3. The van der Waals surface area contributed by atoms with Crippen molar-refractivity contribution >= 4 is 28.8 Å². The van der Waals surface area contributed by atoms with E-state index in [2.05, 4.69) is 22.3 Å². The maximum Gasteiger partial charge on any atom is 0.278 e. The molecule has 2 heterocycles. The van der Waals surface area contributed by atoms with Crippen molar-refractivity contribution in [2.75, 3.05) is 43.1 Å². The van der Waals surface area contributed by atoms with Gasteiger partial charge in [-0.15, -0.1) is 0 Å². The zero-order valence-electron chi connectivity index (χ0n) is 20.5. The molecule has 2 aromatic carbocycles. The predicted octanol–water partition coefficient (Wildman–Crippen LogP) is 4.91. The first-order valence-electron chi connectivity index (χ1n) is 12.4. The molecule has 0 radical (unpaired) electrons. The number of aryl methyl sites for hydroxylation is 2. The summed E-state index contributed by atoms with van der Waals surface area (Å²) in [4.78, 5) is 30.5. The number of carbonyl (C=O) groups is 2. The SMILES string of the molecule is CCOCCCN1C(=O)C(Nc2ccc(N3CCCCC3)cc2)=C(c2ccc(C)c(C)c2)C1=O. The monoisotopic (exact) mass is 461 g/mol. The van der Waals surface area contributed by atoms with Crippen LogP contribution in [0.3, 0.4) is 0 Å². The van der Waals surface area contributed by atoms with Gasteiger partial charge in [0, 0.05) is 44.2 Å². The lowest BCUT2D eigenvalue weighted by Gasteiger charge is -2.28. The van der Waals surface area contributed by atoms with Crippen LogP contribution >= 0.6 is 0 Å². The van der Waals surface area contributed by atoms with Crippen molar-refractivity contribution in [1.29, 1.82) is 0 Å². The number of nitrogens with zero attached hydrogens (tertiary/aromatic N) is 2. The number of hydrogen-bond donors (Lipinski definition) is 1. The van der Waals surface area contributed by atoms with E-state index >= 15 is 0 Å². The van der Waals surface area contributed by atoms with Crippen molar-refractivity contribution in [1.82, 2.24) is 4.90 Å². The van der Waals surface area contributed by atoms with Gasteiger partial charge in [-0.1, -0.05) is 18.2 Å². The molecule has 1 N–H and O–H groups in total. The second-order valence-electron chi connectivity index (χ2n) is 9.08. The van der Waals surface area contributed by atoms with Gasteiger partial charge in [0.15, 0.2) is 0 Å². The number of imide groups is 1. The number of amides is 2. The summed E-state index contributed by atoms with van der Waals surface area (Å²) < 4.78 is 5.41. The standard InChI is InChI=1S/C28H35N3O3/c1-4-34-18-8-17-31-27(32)25(22-10-9-20(2)21(3)19-22)26(28(31)33)29-23-11-13-24(14-12-23)30-15-6-5-7-16-30/h9-14,19,29H,4-8,15-18H2,1-3H3. The van der Waals surface area contributed by atoms with Crippen molar-refractivity contribution in [2.24, 2.45) is 0 Å². The topological polar surface area (TPSA) is 61.9 Å². The molecule has 2 aromatic rings. The molecule has 34 heavy (non-hydrogen) atoms. The number of piperidine rings is 1. The van der Waals surface area contributed by atoms with Gasteiger partial charge in [0.1, 0.15) is 5.70 Å². The summed E-state index contributed by atoms with van der Waals surface area (Å²) in [5, 5.41) is 3.28. The third kappa shape index (κ3) is 5.17. The number of hydrogen-bond acceptors (Lipinski definition) is 5. The third-order valence-corrected chi connectivity index (χ3v) is 6.70. The van der Waals surface area contributed by atoms with E-state index < -0.39 is 0 Å². The van der Waals surface area contributed by atoms with Crippen LogP contribution in [-0.2, 0) is 14.3 Å². The third-order valence-electron chi connectivity index (χ3n) is 6.70. The van der Waals surface area contributed by atoms with Gasteiger partial charge in [0.05, 0.1) is 5.57 Å². The number of carbonyl (C=O) groups excluding carboxylic acids is 2. The Hall–Kier alpha value is -3.12. The number of ether oxygens (including phenoxy) is 1. The van der Waals surface area contributed by atoms with E-state index in [4.69, 9.17) is 4.74 Å². The summed E-state index contributed by atoms with van der Waals surface area (Å²) in [7, 11) is 0. The molecule has 0 saturated carbocycles. The fourth-order valence-corrected chi connectivity index (χ4v) is 4.58. The lowest BCUT2D eigenvalue weighted by Crippen LogP contribution is -2.34. The van der Waals surface area contributed by atoms with E-state index in [1.54, 1.807) is 0 Å².